The molecule has 0 saturated heterocycles. The third kappa shape index (κ3) is 3.45. The fourth-order valence-electron chi connectivity index (χ4n) is 1.05. The normalized spacial score (nSPS) is 13.2. The molecule has 0 aliphatic heterocycles. The minimum Gasteiger partial charge on any atom is -0.326 e. The van der Waals surface area contributed by atoms with Crippen molar-refractivity contribution in [2.24, 2.45) is 5.41 Å². The Balaban J connectivity index is 2.77. The van der Waals surface area contributed by atoms with Gasteiger partial charge in [0.25, 0.3) is 0 Å². The zero-order valence-corrected chi connectivity index (χ0v) is 10.9. The zero-order chi connectivity index (χ0) is 12.3. The summed E-state index contributed by atoms with van der Waals surface area (Å²) in [4.78, 5) is 12.4. The van der Waals surface area contributed by atoms with Crippen molar-refractivity contribution in [1.82, 2.24) is 0 Å². The molecule has 1 rings (SSSR count). The Morgan fingerprint density at radius 2 is 1.69 bits per heavy atom. The minimum atomic E-state index is -0.980. The van der Waals surface area contributed by atoms with E-state index in [2.05, 4.69) is 5.32 Å². The smallest absolute Gasteiger partial charge is 0.229 e. The largest absolute Gasteiger partial charge is 0.326 e. The van der Waals surface area contributed by atoms with Gasteiger partial charge in [0, 0.05) is 33.1 Å². The standard InChI is InChI=1S/C12H17NO2S/c1-12(2,3)11(14)13-9-5-7-10(8-6-9)16(4)15/h5-8H,1-4H3,(H,13,14)/t16-/m1/s1. The van der Waals surface area contributed by atoms with Gasteiger partial charge >= 0.3 is 0 Å². The van der Waals surface area contributed by atoms with Crippen LogP contribution in [0.15, 0.2) is 29.2 Å². The number of anilines is 1. The van der Waals surface area contributed by atoms with Gasteiger partial charge in [-0.25, -0.2) is 0 Å². The van der Waals surface area contributed by atoms with Gasteiger partial charge in [-0.1, -0.05) is 20.8 Å². The molecule has 16 heavy (non-hydrogen) atoms. The lowest BCUT2D eigenvalue weighted by Crippen LogP contribution is -2.27. The van der Waals surface area contributed by atoms with E-state index in [1.165, 1.54) is 0 Å². The first-order chi connectivity index (χ1) is 7.30. The van der Waals surface area contributed by atoms with Gasteiger partial charge in [-0.15, -0.1) is 0 Å². The van der Waals surface area contributed by atoms with Gasteiger partial charge in [0.15, 0.2) is 0 Å². The van der Waals surface area contributed by atoms with Crippen molar-refractivity contribution in [2.75, 3.05) is 11.6 Å². The Morgan fingerprint density at radius 3 is 2.06 bits per heavy atom. The fraction of sp³-hybridized carbons (Fsp3) is 0.417. The Bertz CT molecular complexity index is 404. The maximum absolute atomic E-state index is 11.7. The number of nitrogens with one attached hydrogen (secondary N) is 1. The highest BCUT2D eigenvalue weighted by Crippen LogP contribution is 2.18. The molecule has 0 saturated carbocycles. The van der Waals surface area contributed by atoms with Crippen LogP contribution >= 0.6 is 0 Å². The average molecular weight is 239 g/mol. The van der Waals surface area contributed by atoms with E-state index in [-0.39, 0.29) is 5.91 Å². The topological polar surface area (TPSA) is 46.2 Å². The highest BCUT2D eigenvalue weighted by molar-refractivity contribution is 7.84. The molecule has 0 unspecified atom stereocenters. The molecule has 0 fully saturated rings. The average Bonchev–Trinajstić information content (AvgIpc) is 2.17. The predicted octanol–water partition coefficient (Wildman–Crippen LogP) is 2.41. The number of hydrogen-bond acceptors (Lipinski definition) is 2. The van der Waals surface area contributed by atoms with Crippen LogP contribution in [0.3, 0.4) is 0 Å². The van der Waals surface area contributed by atoms with Crippen molar-refractivity contribution >= 4 is 22.4 Å². The molecule has 0 bridgehead atoms. The van der Waals surface area contributed by atoms with Crippen LogP contribution in [0, 0.1) is 5.41 Å². The van der Waals surface area contributed by atoms with Gasteiger partial charge in [-0.05, 0) is 24.3 Å². The first-order valence-corrected chi connectivity index (χ1v) is 6.61. The van der Waals surface area contributed by atoms with Crippen molar-refractivity contribution < 1.29 is 9.00 Å². The Morgan fingerprint density at radius 1 is 1.19 bits per heavy atom. The molecule has 0 spiro atoms. The number of hydrogen-bond donors (Lipinski definition) is 1. The van der Waals surface area contributed by atoms with E-state index >= 15 is 0 Å². The number of carbonyl (C=O) groups is 1. The van der Waals surface area contributed by atoms with Crippen LogP contribution in [-0.2, 0) is 15.6 Å². The van der Waals surface area contributed by atoms with E-state index in [1.54, 1.807) is 30.5 Å². The number of rotatable bonds is 2. The first kappa shape index (κ1) is 12.9. The van der Waals surface area contributed by atoms with Crippen LogP contribution in [0.25, 0.3) is 0 Å². The molecular formula is C12H17NO2S. The molecule has 4 heteroatoms. The summed E-state index contributed by atoms with van der Waals surface area (Å²) in [5.74, 6) is -0.0297. The predicted molar refractivity (Wildman–Crippen MR) is 66.9 cm³/mol. The van der Waals surface area contributed by atoms with Gasteiger partial charge in [-0.3, -0.25) is 9.00 Å². The second-order valence-corrected chi connectivity index (χ2v) is 6.06. The highest BCUT2D eigenvalue weighted by Gasteiger charge is 2.20. The monoisotopic (exact) mass is 239 g/mol. The third-order valence-electron chi connectivity index (χ3n) is 2.13. The first-order valence-electron chi connectivity index (χ1n) is 5.05. The van der Waals surface area contributed by atoms with E-state index in [0.29, 0.717) is 0 Å². The highest BCUT2D eigenvalue weighted by atomic mass is 32.2. The molecule has 0 aromatic heterocycles. The molecule has 1 atom stereocenters. The van der Waals surface area contributed by atoms with Crippen molar-refractivity contribution in [3.05, 3.63) is 24.3 Å². The third-order valence-corrected chi connectivity index (χ3v) is 3.06. The molecule has 88 valence electrons. The summed E-state index contributed by atoms with van der Waals surface area (Å²) in [6.45, 7) is 5.58. The van der Waals surface area contributed by atoms with Crippen molar-refractivity contribution in [2.45, 2.75) is 25.7 Å². The molecule has 1 N–H and O–H groups in total. The Kier molecular flexibility index (Phi) is 3.86. The number of carbonyl (C=O) groups excluding carboxylic acids is 1. The molecule has 0 heterocycles. The lowest BCUT2D eigenvalue weighted by atomic mass is 9.95. The fourth-order valence-corrected chi connectivity index (χ4v) is 1.57. The van der Waals surface area contributed by atoms with Gasteiger partial charge < -0.3 is 5.32 Å². The Hall–Kier alpha value is -1.16. The lowest BCUT2D eigenvalue weighted by molar-refractivity contribution is -0.123. The molecule has 0 radical (unpaired) electrons. The maximum Gasteiger partial charge on any atom is 0.229 e. The minimum absolute atomic E-state index is 0.0297. The summed E-state index contributed by atoms with van der Waals surface area (Å²) in [6.07, 6.45) is 1.63. The molecule has 3 nitrogen and oxygen atoms in total. The second-order valence-electron chi connectivity index (χ2n) is 4.68. The van der Waals surface area contributed by atoms with E-state index in [1.807, 2.05) is 20.8 Å². The summed E-state index contributed by atoms with van der Waals surface area (Å²) in [5, 5.41) is 2.81. The summed E-state index contributed by atoms with van der Waals surface area (Å²) in [5.41, 5.74) is 0.320. The van der Waals surface area contributed by atoms with Gasteiger partial charge in [0.2, 0.25) is 5.91 Å². The van der Waals surface area contributed by atoms with Crippen LogP contribution in [0.1, 0.15) is 20.8 Å². The van der Waals surface area contributed by atoms with Crippen molar-refractivity contribution in [3.8, 4) is 0 Å². The van der Waals surface area contributed by atoms with Crippen LogP contribution in [0.2, 0.25) is 0 Å². The van der Waals surface area contributed by atoms with Crippen LogP contribution in [0.5, 0.6) is 0 Å². The van der Waals surface area contributed by atoms with Crippen LogP contribution in [0.4, 0.5) is 5.69 Å². The summed E-state index contributed by atoms with van der Waals surface area (Å²) < 4.78 is 11.2. The summed E-state index contributed by atoms with van der Waals surface area (Å²) >= 11 is 0. The number of amides is 1. The quantitative estimate of drug-likeness (QED) is 0.861. The van der Waals surface area contributed by atoms with Crippen molar-refractivity contribution in [1.29, 1.82) is 0 Å². The molecule has 0 aliphatic carbocycles. The van der Waals surface area contributed by atoms with E-state index in [4.69, 9.17) is 0 Å². The SMILES string of the molecule is C[S@@](=O)c1ccc(NC(=O)C(C)(C)C)cc1. The van der Waals surface area contributed by atoms with Crippen LogP contribution in [-0.4, -0.2) is 16.4 Å². The number of benzene rings is 1. The molecular weight excluding hydrogens is 222 g/mol. The second kappa shape index (κ2) is 4.78. The molecule has 1 aromatic rings. The van der Waals surface area contributed by atoms with Crippen molar-refractivity contribution in [3.63, 3.8) is 0 Å². The van der Waals surface area contributed by atoms with Gasteiger partial charge in [0.1, 0.15) is 0 Å². The lowest BCUT2D eigenvalue weighted by Gasteiger charge is -2.17. The summed E-state index contributed by atoms with van der Waals surface area (Å²) in [7, 11) is -0.980. The van der Waals surface area contributed by atoms with E-state index in [9.17, 15) is 9.00 Å². The van der Waals surface area contributed by atoms with Gasteiger partial charge in [-0.2, -0.15) is 0 Å². The summed E-state index contributed by atoms with van der Waals surface area (Å²) in [6, 6.07) is 7.05. The zero-order valence-electron chi connectivity index (χ0n) is 10.0. The molecule has 1 aromatic carbocycles. The van der Waals surface area contributed by atoms with Crippen LogP contribution < -0.4 is 5.32 Å². The van der Waals surface area contributed by atoms with E-state index in [0.717, 1.165) is 10.6 Å². The van der Waals surface area contributed by atoms with E-state index < -0.39 is 16.2 Å². The maximum atomic E-state index is 11.7. The van der Waals surface area contributed by atoms with Gasteiger partial charge in [0.05, 0.1) is 0 Å². The Labute approximate surface area is 98.7 Å². The molecule has 1 amide bonds. The molecule has 0 aliphatic rings.